The van der Waals surface area contributed by atoms with E-state index in [2.05, 4.69) is 18.6 Å². The van der Waals surface area contributed by atoms with Crippen LogP contribution in [0.5, 0.6) is 0 Å². The van der Waals surface area contributed by atoms with Gasteiger partial charge in [-0.3, -0.25) is 14.4 Å². The number of anilines is 1. The van der Waals surface area contributed by atoms with Gasteiger partial charge >= 0.3 is 0 Å². The lowest BCUT2D eigenvalue weighted by atomic mass is 9.93. The van der Waals surface area contributed by atoms with Gasteiger partial charge in [-0.15, -0.1) is 0 Å². The standard InChI is InChI=1S/C38H45N5O5S/c1-5-7-19-41(20-8-6-2)38(47)35-21-26(3)43(39-35)36-18-15-31(40-49(48)33-16-13-28(14-17-33)27(4)45)23-34(36)37(46)42-24-30-12-10-9-11-29(30)22-32(42)25-44/h9-18,21,23,32,40,44H,5-8,19-20,22,24-25H2,1-4H3/t32-,49?/m0/s1. The Kier molecular flexibility index (Phi) is 11.9. The van der Waals surface area contributed by atoms with Crippen LogP contribution in [0.1, 0.15) is 94.5 Å². The number of ketones is 1. The zero-order valence-corrected chi connectivity index (χ0v) is 29.5. The number of amides is 2. The van der Waals surface area contributed by atoms with Gasteiger partial charge in [-0.05, 0) is 92.8 Å². The van der Waals surface area contributed by atoms with Crippen molar-refractivity contribution in [3.8, 4) is 5.69 Å². The van der Waals surface area contributed by atoms with E-state index in [1.807, 2.05) is 36.1 Å². The molecule has 258 valence electrons. The molecule has 0 radical (unpaired) electrons. The molecule has 1 aliphatic rings. The third-order valence-electron chi connectivity index (χ3n) is 8.92. The van der Waals surface area contributed by atoms with Crippen molar-refractivity contribution >= 4 is 34.6 Å². The van der Waals surface area contributed by atoms with Crippen LogP contribution in [0, 0.1) is 6.92 Å². The molecular weight excluding hydrogens is 639 g/mol. The van der Waals surface area contributed by atoms with Crippen LogP contribution < -0.4 is 4.72 Å². The van der Waals surface area contributed by atoms with Crippen molar-refractivity contribution in [1.29, 1.82) is 0 Å². The first kappa shape index (κ1) is 35.8. The monoisotopic (exact) mass is 683 g/mol. The highest BCUT2D eigenvalue weighted by Crippen LogP contribution is 2.30. The number of Topliss-reactive ketones (excluding diaryl/α,β-unsaturated/α-hetero) is 1. The van der Waals surface area contributed by atoms with Crippen LogP contribution in [0.2, 0.25) is 0 Å². The molecule has 0 bridgehead atoms. The largest absolute Gasteiger partial charge is 0.588 e. The minimum atomic E-state index is -1.69. The summed E-state index contributed by atoms with van der Waals surface area (Å²) in [4.78, 5) is 43.9. The fraction of sp³-hybridized carbons (Fsp3) is 0.368. The minimum absolute atomic E-state index is 0.0843. The van der Waals surface area contributed by atoms with Gasteiger partial charge in [0, 0.05) is 30.9 Å². The highest BCUT2D eigenvalue weighted by atomic mass is 32.2. The van der Waals surface area contributed by atoms with Crippen LogP contribution in [-0.2, 0) is 24.3 Å². The van der Waals surface area contributed by atoms with E-state index in [-0.39, 0.29) is 29.8 Å². The summed E-state index contributed by atoms with van der Waals surface area (Å²) in [6, 6.07) is 20.8. The maximum absolute atomic E-state index is 14.5. The van der Waals surface area contributed by atoms with E-state index >= 15 is 0 Å². The molecule has 2 N–H and O–H groups in total. The van der Waals surface area contributed by atoms with Crippen molar-refractivity contribution in [3.05, 3.63) is 106 Å². The van der Waals surface area contributed by atoms with Crippen LogP contribution >= 0.6 is 0 Å². The number of aliphatic hydroxyl groups excluding tert-OH is 1. The summed E-state index contributed by atoms with van der Waals surface area (Å²) in [5.74, 6) is -0.549. The van der Waals surface area contributed by atoms with Crippen molar-refractivity contribution in [2.75, 3.05) is 24.4 Å². The molecule has 2 amide bonds. The predicted octanol–water partition coefficient (Wildman–Crippen LogP) is 6.12. The van der Waals surface area contributed by atoms with E-state index in [4.69, 9.17) is 5.10 Å². The van der Waals surface area contributed by atoms with E-state index in [1.165, 1.54) is 6.92 Å². The number of carbonyl (C=O) groups excluding carboxylic acids is 3. The number of nitrogens with zero attached hydrogens (tertiary/aromatic N) is 4. The molecule has 5 rings (SSSR count). The molecule has 0 aliphatic carbocycles. The first-order valence-electron chi connectivity index (χ1n) is 16.9. The highest BCUT2D eigenvalue weighted by Gasteiger charge is 2.32. The van der Waals surface area contributed by atoms with Crippen LogP contribution in [-0.4, -0.2) is 72.6 Å². The SMILES string of the molecule is CCCCN(CCCC)C(=O)c1cc(C)n(-c2ccc(N[S+]([O-])c3ccc(C(C)=O)cc3)cc2C(=O)N2Cc3ccccc3C[C@H]2CO)n1. The number of carbonyl (C=O) groups is 3. The molecule has 1 unspecified atom stereocenters. The summed E-state index contributed by atoms with van der Waals surface area (Å²) in [5.41, 5.74) is 4.79. The van der Waals surface area contributed by atoms with Gasteiger partial charge in [0.2, 0.25) is 0 Å². The molecular formula is C38H45N5O5S. The number of unbranched alkanes of at least 4 members (excludes halogenated alkanes) is 2. The molecule has 49 heavy (non-hydrogen) atoms. The number of aryl methyl sites for hydroxylation is 1. The van der Waals surface area contributed by atoms with E-state index < -0.39 is 17.4 Å². The van der Waals surface area contributed by atoms with Gasteiger partial charge in [-0.25, -0.2) is 9.40 Å². The zero-order valence-electron chi connectivity index (χ0n) is 28.6. The van der Waals surface area contributed by atoms with Crippen molar-refractivity contribution in [3.63, 3.8) is 0 Å². The van der Waals surface area contributed by atoms with Gasteiger partial charge in [-0.1, -0.05) is 51.0 Å². The molecule has 0 spiro atoms. The average Bonchev–Trinajstić information content (AvgIpc) is 3.51. The number of hydrogen-bond donors (Lipinski definition) is 2. The molecule has 0 saturated heterocycles. The summed E-state index contributed by atoms with van der Waals surface area (Å²) in [6.07, 6.45) is 4.25. The number of nitrogens with one attached hydrogen (secondary N) is 1. The lowest BCUT2D eigenvalue weighted by Crippen LogP contribution is -2.46. The number of benzene rings is 3. The Balaban J connectivity index is 1.53. The Morgan fingerprint density at radius 1 is 0.980 bits per heavy atom. The van der Waals surface area contributed by atoms with E-state index in [9.17, 15) is 24.0 Å². The summed E-state index contributed by atoms with van der Waals surface area (Å²) in [5, 5.41) is 15.1. The third kappa shape index (κ3) is 8.24. The number of rotatable bonds is 14. The summed E-state index contributed by atoms with van der Waals surface area (Å²) in [7, 11) is 0. The number of hydrogen-bond acceptors (Lipinski definition) is 7. The normalized spacial score (nSPS) is 14.7. The first-order valence-corrected chi connectivity index (χ1v) is 18.1. The van der Waals surface area contributed by atoms with Gasteiger partial charge in [0.1, 0.15) is 11.4 Å². The van der Waals surface area contributed by atoms with Crippen molar-refractivity contribution in [1.82, 2.24) is 19.6 Å². The van der Waals surface area contributed by atoms with Gasteiger partial charge in [-0.2, -0.15) is 5.10 Å². The van der Waals surface area contributed by atoms with Crippen LogP contribution in [0.15, 0.2) is 77.7 Å². The number of fused-ring (bicyclic) bond motifs is 1. The molecule has 0 fully saturated rings. The average molecular weight is 684 g/mol. The summed E-state index contributed by atoms with van der Waals surface area (Å²) in [6.45, 7) is 8.93. The molecule has 0 saturated carbocycles. The second-order valence-electron chi connectivity index (χ2n) is 12.5. The topological polar surface area (TPSA) is 131 Å². The summed E-state index contributed by atoms with van der Waals surface area (Å²) >= 11 is -1.69. The summed E-state index contributed by atoms with van der Waals surface area (Å²) < 4.78 is 18.0. The Morgan fingerprint density at radius 3 is 2.29 bits per heavy atom. The second kappa shape index (κ2) is 16.3. The van der Waals surface area contributed by atoms with E-state index in [1.54, 1.807) is 58.1 Å². The molecule has 2 heterocycles. The molecule has 2 atom stereocenters. The lowest BCUT2D eigenvalue weighted by Gasteiger charge is -2.36. The second-order valence-corrected chi connectivity index (χ2v) is 13.7. The molecule has 11 heteroatoms. The molecule has 1 aromatic heterocycles. The maximum atomic E-state index is 14.5. The van der Waals surface area contributed by atoms with Crippen molar-refractivity contribution in [2.45, 2.75) is 77.3 Å². The Hall–Kier alpha value is -4.45. The van der Waals surface area contributed by atoms with Gasteiger partial charge in [0.05, 0.1) is 29.6 Å². The highest BCUT2D eigenvalue weighted by molar-refractivity contribution is 7.92. The molecule has 3 aromatic carbocycles. The van der Waals surface area contributed by atoms with Crippen LogP contribution in [0.3, 0.4) is 0 Å². The molecule has 10 nitrogen and oxygen atoms in total. The van der Waals surface area contributed by atoms with Gasteiger partial charge in [0.15, 0.2) is 16.4 Å². The van der Waals surface area contributed by atoms with Crippen molar-refractivity contribution < 1.29 is 24.0 Å². The fourth-order valence-electron chi connectivity index (χ4n) is 6.08. The lowest BCUT2D eigenvalue weighted by molar-refractivity contribution is 0.0544. The smallest absolute Gasteiger partial charge is 0.274 e. The van der Waals surface area contributed by atoms with Gasteiger partial charge in [0.25, 0.3) is 11.8 Å². The fourth-order valence-corrected chi connectivity index (χ4v) is 6.92. The number of aromatic nitrogens is 2. The Morgan fingerprint density at radius 2 is 1.65 bits per heavy atom. The van der Waals surface area contributed by atoms with E-state index in [0.29, 0.717) is 59.3 Å². The Labute approximate surface area is 291 Å². The first-order chi connectivity index (χ1) is 23.6. The Bertz CT molecular complexity index is 1780. The molecule has 4 aromatic rings. The zero-order chi connectivity index (χ0) is 35.1. The van der Waals surface area contributed by atoms with Crippen molar-refractivity contribution in [2.24, 2.45) is 0 Å². The maximum Gasteiger partial charge on any atom is 0.274 e. The number of aliphatic hydroxyl groups is 1. The third-order valence-corrected chi connectivity index (χ3v) is 10.0. The quantitative estimate of drug-likeness (QED) is 0.121. The predicted molar refractivity (Wildman–Crippen MR) is 191 cm³/mol. The molecule has 1 aliphatic heterocycles. The van der Waals surface area contributed by atoms with Crippen LogP contribution in [0.4, 0.5) is 5.69 Å². The van der Waals surface area contributed by atoms with Gasteiger partial charge < -0.3 is 19.5 Å². The van der Waals surface area contributed by atoms with E-state index in [0.717, 1.165) is 36.8 Å². The van der Waals surface area contributed by atoms with Crippen LogP contribution in [0.25, 0.3) is 5.69 Å². The minimum Gasteiger partial charge on any atom is -0.588 e.